The third-order valence-electron chi connectivity index (χ3n) is 2.20. The van der Waals surface area contributed by atoms with Crippen molar-refractivity contribution in [2.45, 2.75) is 13.3 Å². The number of ether oxygens (including phenoxy) is 1. The summed E-state index contributed by atoms with van der Waals surface area (Å²) < 4.78 is 4.96. The normalized spacial score (nSPS) is 16.5. The highest BCUT2D eigenvalue weighted by atomic mass is 16.5. The summed E-state index contributed by atoms with van der Waals surface area (Å²) in [5.74, 6) is -0.724. The van der Waals surface area contributed by atoms with Crippen LogP contribution in [0.25, 0.3) is 0 Å². The fraction of sp³-hybridized carbons (Fsp3) is 0.778. The molecule has 0 saturated carbocycles. The molecule has 5 nitrogen and oxygen atoms in total. The standard InChI is InChI=1S/C9H15NO4/c1-2-14-6-8(11)10-4-7(5-10)3-9(12)13/h7H,2-6H2,1H3,(H,12,13). The maximum absolute atomic E-state index is 11.3. The number of amides is 1. The minimum Gasteiger partial charge on any atom is -0.481 e. The fourth-order valence-corrected chi connectivity index (χ4v) is 1.43. The van der Waals surface area contributed by atoms with Crippen molar-refractivity contribution in [3.8, 4) is 0 Å². The predicted octanol–water partition coefficient (Wildman–Crippen LogP) is -0.0440. The molecule has 0 aromatic heterocycles. The Kier molecular flexibility index (Phi) is 3.88. The number of carboxylic acid groups (broad SMARTS) is 1. The first-order chi connectivity index (χ1) is 6.63. The van der Waals surface area contributed by atoms with Crippen LogP contribution in [0.5, 0.6) is 0 Å². The number of carbonyl (C=O) groups is 2. The third kappa shape index (κ3) is 2.99. The molecule has 0 aliphatic carbocycles. The number of rotatable bonds is 5. The number of carboxylic acids is 1. The van der Waals surface area contributed by atoms with Crippen LogP contribution in [-0.4, -0.2) is 48.2 Å². The van der Waals surface area contributed by atoms with Crippen molar-refractivity contribution in [2.75, 3.05) is 26.3 Å². The van der Waals surface area contributed by atoms with E-state index in [9.17, 15) is 9.59 Å². The predicted molar refractivity (Wildman–Crippen MR) is 48.8 cm³/mol. The molecule has 80 valence electrons. The van der Waals surface area contributed by atoms with Crippen molar-refractivity contribution in [1.29, 1.82) is 0 Å². The van der Waals surface area contributed by atoms with Gasteiger partial charge < -0.3 is 14.7 Å². The van der Waals surface area contributed by atoms with Gasteiger partial charge in [-0.05, 0) is 6.92 Å². The molecule has 1 N–H and O–H groups in total. The minimum atomic E-state index is -0.799. The highest BCUT2D eigenvalue weighted by Gasteiger charge is 2.31. The molecule has 1 fully saturated rings. The highest BCUT2D eigenvalue weighted by Crippen LogP contribution is 2.18. The topological polar surface area (TPSA) is 66.8 Å². The maximum atomic E-state index is 11.3. The first kappa shape index (κ1) is 11.0. The Morgan fingerprint density at radius 2 is 2.14 bits per heavy atom. The van der Waals surface area contributed by atoms with Crippen LogP contribution in [0.1, 0.15) is 13.3 Å². The number of hydrogen-bond donors (Lipinski definition) is 1. The van der Waals surface area contributed by atoms with Gasteiger partial charge >= 0.3 is 5.97 Å². The summed E-state index contributed by atoms with van der Waals surface area (Å²) in [6.07, 6.45) is 0.151. The summed E-state index contributed by atoms with van der Waals surface area (Å²) in [5.41, 5.74) is 0. The van der Waals surface area contributed by atoms with E-state index in [-0.39, 0.29) is 24.9 Å². The molecule has 1 aliphatic heterocycles. The summed E-state index contributed by atoms with van der Waals surface area (Å²) in [6.45, 7) is 3.57. The van der Waals surface area contributed by atoms with Gasteiger partial charge in [0.15, 0.2) is 0 Å². The van der Waals surface area contributed by atoms with Gasteiger partial charge in [-0.3, -0.25) is 9.59 Å². The Hall–Kier alpha value is -1.10. The summed E-state index contributed by atoms with van der Waals surface area (Å²) in [4.78, 5) is 23.2. The number of aliphatic carboxylic acids is 1. The molecule has 1 aliphatic rings. The minimum absolute atomic E-state index is 0.0477. The molecule has 1 heterocycles. The SMILES string of the molecule is CCOCC(=O)N1CC(CC(=O)O)C1. The molecule has 14 heavy (non-hydrogen) atoms. The molecule has 0 bridgehead atoms. The van der Waals surface area contributed by atoms with Gasteiger partial charge in [0.25, 0.3) is 0 Å². The van der Waals surface area contributed by atoms with Gasteiger partial charge in [-0.25, -0.2) is 0 Å². The largest absolute Gasteiger partial charge is 0.481 e. The zero-order valence-corrected chi connectivity index (χ0v) is 8.23. The van der Waals surface area contributed by atoms with E-state index in [1.165, 1.54) is 0 Å². The summed E-state index contributed by atoms with van der Waals surface area (Å²) >= 11 is 0. The number of hydrogen-bond acceptors (Lipinski definition) is 3. The maximum Gasteiger partial charge on any atom is 0.303 e. The molecule has 0 aromatic carbocycles. The second-order valence-electron chi connectivity index (χ2n) is 3.40. The van der Waals surface area contributed by atoms with Gasteiger partial charge in [-0.15, -0.1) is 0 Å². The quantitative estimate of drug-likeness (QED) is 0.677. The number of nitrogens with zero attached hydrogens (tertiary/aromatic N) is 1. The van der Waals surface area contributed by atoms with Crippen LogP contribution in [0.4, 0.5) is 0 Å². The van der Waals surface area contributed by atoms with Gasteiger partial charge in [0.05, 0.1) is 6.42 Å². The van der Waals surface area contributed by atoms with Crippen LogP contribution >= 0.6 is 0 Å². The van der Waals surface area contributed by atoms with Crippen LogP contribution in [0.2, 0.25) is 0 Å². The molecule has 0 unspecified atom stereocenters. The summed E-state index contributed by atoms with van der Waals surface area (Å²) in [6, 6.07) is 0. The zero-order valence-electron chi connectivity index (χ0n) is 8.23. The van der Waals surface area contributed by atoms with Gasteiger partial charge in [0.1, 0.15) is 6.61 Å². The van der Waals surface area contributed by atoms with Crippen molar-refractivity contribution in [3.05, 3.63) is 0 Å². The molecule has 0 atom stereocenters. The zero-order chi connectivity index (χ0) is 10.6. The molecule has 0 aromatic rings. The van der Waals surface area contributed by atoms with Crippen molar-refractivity contribution in [1.82, 2.24) is 4.90 Å². The Morgan fingerprint density at radius 3 is 2.64 bits per heavy atom. The van der Waals surface area contributed by atoms with Crippen molar-refractivity contribution < 1.29 is 19.4 Å². The average molecular weight is 201 g/mol. The lowest BCUT2D eigenvalue weighted by molar-refractivity contribution is -0.147. The Labute approximate surface area is 82.6 Å². The van der Waals surface area contributed by atoms with Crippen molar-refractivity contribution in [3.63, 3.8) is 0 Å². The molecule has 5 heteroatoms. The van der Waals surface area contributed by atoms with Crippen LogP contribution in [0.15, 0.2) is 0 Å². The Bertz CT molecular complexity index is 223. The molecule has 1 amide bonds. The lowest BCUT2D eigenvalue weighted by atomic mass is 9.96. The molecular weight excluding hydrogens is 186 g/mol. The lowest BCUT2D eigenvalue weighted by Gasteiger charge is -2.38. The van der Waals surface area contributed by atoms with E-state index in [0.29, 0.717) is 19.7 Å². The van der Waals surface area contributed by atoms with Crippen molar-refractivity contribution >= 4 is 11.9 Å². The monoisotopic (exact) mass is 201 g/mol. The fourth-order valence-electron chi connectivity index (χ4n) is 1.43. The van der Waals surface area contributed by atoms with E-state index in [0.717, 1.165) is 0 Å². The van der Waals surface area contributed by atoms with Gasteiger partial charge in [0.2, 0.25) is 5.91 Å². The van der Waals surface area contributed by atoms with E-state index >= 15 is 0 Å². The van der Waals surface area contributed by atoms with Crippen molar-refractivity contribution in [2.24, 2.45) is 5.92 Å². The Balaban J connectivity index is 2.14. The molecule has 0 radical (unpaired) electrons. The van der Waals surface area contributed by atoms with Gasteiger partial charge in [-0.1, -0.05) is 0 Å². The van der Waals surface area contributed by atoms with E-state index in [1.807, 2.05) is 6.92 Å². The Morgan fingerprint density at radius 1 is 1.50 bits per heavy atom. The first-order valence-corrected chi connectivity index (χ1v) is 4.70. The van der Waals surface area contributed by atoms with Crippen LogP contribution in [-0.2, 0) is 14.3 Å². The van der Waals surface area contributed by atoms with E-state index < -0.39 is 5.97 Å². The smallest absolute Gasteiger partial charge is 0.303 e. The van der Waals surface area contributed by atoms with E-state index in [1.54, 1.807) is 4.90 Å². The van der Waals surface area contributed by atoms with Crippen LogP contribution in [0.3, 0.4) is 0 Å². The van der Waals surface area contributed by atoms with Gasteiger partial charge in [-0.2, -0.15) is 0 Å². The lowest BCUT2D eigenvalue weighted by Crippen LogP contribution is -2.51. The number of carbonyl (C=O) groups excluding carboxylic acids is 1. The van der Waals surface area contributed by atoms with E-state index in [2.05, 4.69) is 0 Å². The first-order valence-electron chi connectivity index (χ1n) is 4.70. The van der Waals surface area contributed by atoms with Gasteiger partial charge in [0, 0.05) is 25.6 Å². The second-order valence-corrected chi connectivity index (χ2v) is 3.40. The van der Waals surface area contributed by atoms with E-state index in [4.69, 9.17) is 9.84 Å². The average Bonchev–Trinajstić information content (AvgIpc) is 2.06. The molecule has 0 spiro atoms. The second kappa shape index (κ2) is 4.95. The summed E-state index contributed by atoms with van der Waals surface area (Å²) in [7, 11) is 0. The van der Waals surface area contributed by atoms with Crippen LogP contribution in [0, 0.1) is 5.92 Å². The van der Waals surface area contributed by atoms with Crippen LogP contribution < -0.4 is 0 Å². The third-order valence-corrected chi connectivity index (χ3v) is 2.20. The molecular formula is C9H15NO4. The highest BCUT2D eigenvalue weighted by molar-refractivity contribution is 5.78. The molecule has 1 rings (SSSR count). The summed E-state index contributed by atoms with van der Waals surface area (Å²) in [5, 5.41) is 8.49. The number of likely N-dealkylation sites (tertiary alicyclic amines) is 1. The molecule has 1 saturated heterocycles.